The van der Waals surface area contributed by atoms with Crippen molar-refractivity contribution in [2.45, 2.75) is 13.5 Å². The van der Waals surface area contributed by atoms with Crippen molar-refractivity contribution in [2.24, 2.45) is 0 Å². The van der Waals surface area contributed by atoms with Gasteiger partial charge in [-0.1, -0.05) is 22.0 Å². The Morgan fingerprint density at radius 1 is 1.33 bits per heavy atom. The first-order valence-electron chi connectivity index (χ1n) is 5.55. The average molecular weight is 302 g/mol. The second kappa shape index (κ2) is 5.65. The van der Waals surface area contributed by atoms with Gasteiger partial charge in [0.2, 0.25) is 0 Å². The van der Waals surface area contributed by atoms with Crippen LogP contribution >= 0.6 is 15.9 Å². The highest BCUT2D eigenvalue weighted by Gasteiger charge is 2.03. The molecule has 0 saturated heterocycles. The van der Waals surface area contributed by atoms with Gasteiger partial charge in [0.25, 0.3) is 0 Å². The van der Waals surface area contributed by atoms with Crippen molar-refractivity contribution in [2.75, 3.05) is 5.32 Å². The van der Waals surface area contributed by atoms with Crippen LogP contribution in [0.2, 0.25) is 0 Å². The maximum atomic E-state index is 9.03. The van der Waals surface area contributed by atoms with Crippen LogP contribution in [0.1, 0.15) is 17.0 Å². The number of halogens is 1. The fourth-order valence-corrected chi connectivity index (χ4v) is 2.01. The number of aryl methyl sites for hydroxylation is 1. The van der Waals surface area contributed by atoms with E-state index in [1.807, 2.05) is 37.3 Å². The fourth-order valence-electron chi connectivity index (χ4n) is 1.64. The van der Waals surface area contributed by atoms with E-state index in [1.165, 1.54) is 0 Å². The lowest BCUT2D eigenvalue weighted by molar-refractivity contribution is 1.01. The van der Waals surface area contributed by atoms with Crippen molar-refractivity contribution in [1.82, 2.24) is 4.98 Å². The maximum absolute atomic E-state index is 9.03. The van der Waals surface area contributed by atoms with Crippen LogP contribution in [0.15, 0.2) is 40.9 Å². The Balaban J connectivity index is 2.15. The smallest absolute Gasteiger partial charge is 0.101 e. The highest BCUT2D eigenvalue weighted by molar-refractivity contribution is 9.10. The van der Waals surface area contributed by atoms with Gasteiger partial charge in [-0.05, 0) is 37.3 Å². The fraction of sp³-hybridized carbons (Fsp3) is 0.143. The Morgan fingerprint density at radius 3 is 2.89 bits per heavy atom. The summed E-state index contributed by atoms with van der Waals surface area (Å²) in [6.45, 7) is 2.57. The Kier molecular flexibility index (Phi) is 3.96. The SMILES string of the molecule is Cc1cccc(CNc2cc(Br)ccc2C#N)n1. The lowest BCUT2D eigenvalue weighted by Gasteiger charge is -2.08. The number of hydrogen-bond acceptors (Lipinski definition) is 3. The molecule has 2 rings (SSSR count). The van der Waals surface area contributed by atoms with Crippen LogP contribution in [0.4, 0.5) is 5.69 Å². The second-order valence-corrected chi connectivity index (χ2v) is 4.84. The largest absolute Gasteiger partial charge is 0.378 e. The molecule has 0 spiro atoms. The summed E-state index contributed by atoms with van der Waals surface area (Å²) in [5, 5.41) is 12.3. The summed E-state index contributed by atoms with van der Waals surface area (Å²) in [4.78, 5) is 4.41. The zero-order chi connectivity index (χ0) is 13.0. The van der Waals surface area contributed by atoms with E-state index in [4.69, 9.17) is 5.26 Å². The summed E-state index contributed by atoms with van der Waals surface area (Å²) in [6.07, 6.45) is 0. The van der Waals surface area contributed by atoms with E-state index >= 15 is 0 Å². The number of nitriles is 1. The highest BCUT2D eigenvalue weighted by atomic mass is 79.9. The molecule has 0 fully saturated rings. The third-order valence-corrected chi connectivity index (χ3v) is 3.00. The van der Waals surface area contributed by atoms with Crippen LogP contribution in [-0.2, 0) is 6.54 Å². The number of benzene rings is 1. The highest BCUT2D eigenvalue weighted by Crippen LogP contribution is 2.21. The van der Waals surface area contributed by atoms with Crippen LogP contribution in [0.3, 0.4) is 0 Å². The topological polar surface area (TPSA) is 48.7 Å². The number of nitrogens with zero attached hydrogens (tertiary/aromatic N) is 2. The van der Waals surface area contributed by atoms with E-state index in [1.54, 1.807) is 6.07 Å². The Morgan fingerprint density at radius 2 is 2.17 bits per heavy atom. The molecule has 2 aromatic rings. The first-order valence-corrected chi connectivity index (χ1v) is 6.34. The number of hydrogen-bond donors (Lipinski definition) is 1. The quantitative estimate of drug-likeness (QED) is 0.941. The van der Waals surface area contributed by atoms with Gasteiger partial charge in [0.05, 0.1) is 23.5 Å². The van der Waals surface area contributed by atoms with Crippen molar-refractivity contribution < 1.29 is 0 Å². The van der Waals surface area contributed by atoms with Gasteiger partial charge in [-0.25, -0.2) is 0 Å². The number of rotatable bonds is 3. The molecule has 0 aliphatic heterocycles. The molecule has 1 aromatic carbocycles. The molecule has 0 aliphatic rings. The molecule has 0 bridgehead atoms. The second-order valence-electron chi connectivity index (χ2n) is 3.93. The normalized spacial score (nSPS) is 9.83. The van der Waals surface area contributed by atoms with Crippen molar-refractivity contribution >= 4 is 21.6 Å². The molecule has 0 saturated carbocycles. The van der Waals surface area contributed by atoms with E-state index in [-0.39, 0.29) is 0 Å². The molecular weight excluding hydrogens is 290 g/mol. The summed E-state index contributed by atoms with van der Waals surface area (Å²) < 4.78 is 0.946. The molecule has 3 nitrogen and oxygen atoms in total. The summed E-state index contributed by atoms with van der Waals surface area (Å²) in [7, 11) is 0. The van der Waals surface area contributed by atoms with Crippen molar-refractivity contribution in [1.29, 1.82) is 5.26 Å². The first-order chi connectivity index (χ1) is 8.69. The van der Waals surface area contributed by atoms with Gasteiger partial charge in [0.15, 0.2) is 0 Å². The average Bonchev–Trinajstić information content (AvgIpc) is 2.37. The molecule has 0 radical (unpaired) electrons. The molecule has 0 unspecified atom stereocenters. The van der Waals surface area contributed by atoms with Gasteiger partial charge < -0.3 is 5.32 Å². The molecule has 18 heavy (non-hydrogen) atoms. The molecule has 90 valence electrons. The van der Waals surface area contributed by atoms with E-state index in [0.717, 1.165) is 21.5 Å². The van der Waals surface area contributed by atoms with Crippen LogP contribution < -0.4 is 5.32 Å². The summed E-state index contributed by atoms with van der Waals surface area (Å²) in [5.41, 5.74) is 3.39. The standard InChI is InChI=1S/C14H12BrN3/c1-10-3-2-4-13(18-10)9-17-14-7-12(15)6-5-11(14)8-16/h2-7,17H,9H2,1H3. The first kappa shape index (κ1) is 12.6. The van der Waals surface area contributed by atoms with E-state index < -0.39 is 0 Å². The minimum atomic E-state index is 0.604. The van der Waals surface area contributed by atoms with Gasteiger partial charge in [-0.15, -0.1) is 0 Å². The molecule has 1 heterocycles. The molecular formula is C14H12BrN3. The van der Waals surface area contributed by atoms with Crippen LogP contribution in [-0.4, -0.2) is 4.98 Å². The minimum absolute atomic E-state index is 0.604. The van der Waals surface area contributed by atoms with Crippen LogP contribution in [0, 0.1) is 18.3 Å². The lowest BCUT2D eigenvalue weighted by Crippen LogP contribution is -2.03. The lowest BCUT2D eigenvalue weighted by atomic mass is 10.2. The van der Waals surface area contributed by atoms with Crippen molar-refractivity contribution in [3.05, 3.63) is 57.8 Å². The molecule has 0 aliphatic carbocycles. The van der Waals surface area contributed by atoms with Gasteiger partial charge in [-0.3, -0.25) is 4.98 Å². The Hall–Kier alpha value is -1.86. The Labute approximate surface area is 115 Å². The van der Waals surface area contributed by atoms with Gasteiger partial charge >= 0.3 is 0 Å². The monoisotopic (exact) mass is 301 g/mol. The minimum Gasteiger partial charge on any atom is -0.378 e. The molecule has 1 aromatic heterocycles. The van der Waals surface area contributed by atoms with E-state index in [9.17, 15) is 0 Å². The summed E-state index contributed by atoms with van der Waals surface area (Å²) >= 11 is 3.40. The van der Waals surface area contributed by atoms with Crippen molar-refractivity contribution in [3.63, 3.8) is 0 Å². The molecule has 1 N–H and O–H groups in total. The third kappa shape index (κ3) is 3.08. The molecule has 0 amide bonds. The number of nitrogens with one attached hydrogen (secondary N) is 1. The maximum Gasteiger partial charge on any atom is 0.101 e. The third-order valence-electron chi connectivity index (χ3n) is 2.51. The number of pyridine rings is 1. The molecule has 0 atom stereocenters. The molecule has 4 heteroatoms. The van der Waals surface area contributed by atoms with E-state index in [0.29, 0.717) is 12.1 Å². The Bertz CT molecular complexity index is 602. The van der Waals surface area contributed by atoms with Crippen LogP contribution in [0.5, 0.6) is 0 Å². The van der Waals surface area contributed by atoms with Crippen molar-refractivity contribution in [3.8, 4) is 6.07 Å². The zero-order valence-electron chi connectivity index (χ0n) is 9.94. The van der Waals surface area contributed by atoms with Gasteiger partial charge in [0, 0.05) is 10.2 Å². The number of aromatic nitrogens is 1. The summed E-state index contributed by atoms with van der Waals surface area (Å²) in [5.74, 6) is 0. The van der Waals surface area contributed by atoms with E-state index in [2.05, 4.69) is 32.3 Å². The summed E-state index contributed by atoms with van der Waals surface area (Å²) in [6, 6.07) is 13.6. The van der Waals surface area contributed by atoms with Gasteiger partial charge in [-0.2, -0.15) is 5.26 Å². The predicted octanol–water partition coefficient (Wildman–Crippen LogP) is 3.64. The van der Waals surface area contributed by atoms with Gasteiger partial charge in [0.1, 0.15) is 6.07 Å². The predicted molar refractivity (Wildman–Crippen MR) is 75.2 cm³/mol. The zero-order valence-corrected chi connectivity index (χ0v) is 11.5. The van der Waals surface area contributed by atoms with Crippen LogP contribution in [0.25, 0.3) is 0 Å². The number of anilines is 1.